The molecule has 2 aliphatic rings. The predicted molar refractivity (Wildman–Crippen MR) is 82.5 cm³/mol. The third-order valence-electron chi connectivity index (χ3n) is 4.95. The Kier molecular flexibility index (Phi) is 3.76. The zero-order valence-electron chi connectivity index (χ0n) is 12.7. The number of hydrogen-bond donors (Lipinski definition) is 1. The van der Waals surface area contributed by atoms with E-state index in [2.05, 4.69) is 11.9 Å². The van der Waals surface area contributed by atoms with Crippen molar-refractivity contribution in [3.63, 3.8) is 0 Å². The average Bonchev–Trinajstić information content (AvgIpc) is 2.72. The number of anilines is 1. The number of hydrogen-bond acceptors (Lipinski definition) is 4. The molecule has 1 aromatic rings. The van der Waals surface area contributed by atoms with Crippen LogP contribution in [0.15, 0.2) is 18.2 Å². The summed E-state index contributed by atoms with van der Waals surface area (Å²) in [6.45, 7) is 1.60. The first-order valence-corrected chi connectivity index (χ1v) is 7.55. The number of ether oxygens (including phenoxy) is 1. The Hall–Kier alpha value is -1.75. The molecule has 2 unspecified atom stereocenters. The van der Waals surface area contributed by atoms with Gasteiger partial charge in [-0.15, -0.1) is 0 Å². The Balaban J connectivity index is 1.82. The van der Waals surface area contributed by atoms with Gasteiger partial charge in [-0.2, -0.15) is 0 Å². The fourth-order valence-electron chi connectivity index (χ4n) is 3.57. The molecule has 21 heavy (non-hydrogen) atoms. The number of benzene rings is 1. The molecule has 2 saturated heterocycles. The molecule has 0 aliphatic carbocycles. The fourth-order valence-corrected chi connectivity index (χ4v) is 3.57. The van der Waals surface area contributed by atoms with E-state index in [1.807, 2.05) is 11.0 Å². The van der Waals surface area contributed by atoms with E-state index in [1.165, 1.54) is 12.8 Å². The number of nitrogen functional groups attached to an aromatic ring is 1. The number of nitrogens with two attached hydrogens (primary N) is 1. The summed E-state index contributed by atoms with van der Waals surface area (Å²) >= 11 is 0. The summed E-state index contributed by atoms with van der Waals surface area (Å²) in [7, 11) is 3.75. The molecule has 0 saturated carbocycles. The molecule has 2 bridgehead atoms. The summed E-state index contributed by atoms with van der Waals surface area (Å²) in [5, 5.41) is 0. The summed E-state index contributed by atoms with van der Waals surface area (Å²) in [6, 6.07) is 6.49. The molecule has 3 rings (SSSR count). The maximum Gasteiger partial charge on any atom is 0.256 e. The van der Waals surface area contributed by atoms with Crippen molar-refractivity contribution in [3.05, 3.63) is 23.8 Å². The molecular weight excluding hydrogens is 266 g/mol. The van der Waals surface area contributed by atoms with Gasteiger partial charge < -0.3 is 15.4 Å². The number of likely N-dealkylation sites (N-methyl/N-ethyl adjacent to an activating group) is 1. The molecule has 2 atom stereocenters. The maximum absolute atomic E-state index is 12.8. The van der Waals surface area contributed by atoms with Crippen LogP contribution in [0.3, 0.4) is 0 Å². The number of methoxy groups -OCH3 is 1. The van der Waals surface area contributed by atoms with Crippen molar-refractivity contribution >= 4 is 11.6 Å². The van der Waals surface area contributed by atoms with E-state index in [1.54, 1.807) is 19.2 Å². The first kappa shape index (κ1) is 14.2. The summed E-state index contributed by atoms with van der Waals surface area (Å²) < 4.78 is 5.21. The Morgan fingerprint density at radius 3 is 2.81 bits per heavy atom. The van der Waals surface area contributed by atoms with Crippen LogP contribution in [-0.2, 0) is 0 Å². The average molecular weight is 289 g/mol. The monoisotopic (exact) mass is 289 g/mol. The van der Waals surface area contributed by atoms with Crippen molar-refractivity contribution in [2.24, 2.45) is 0 Å². The molecule has 1 amide bonds. The molecule has 5 nitrogen and oxygen atoms in total. The van der Waals surface area contributed by atoms with Crippen LogP contribution >= 0.6 is 0 Å². The Morgan fingerprint density at radius 2 is 2.05 bits per heavy atom. The SMILES string of the molecule is COc1cccc(C(=O)N2CCC3CCC(C2)N3C)c1N. The van der Waals surface area contributed by atoms with E-state index < -0.39 is 0 Å². The molecule has 0 radical (unpaired) electrons. The summed E-state index contributed by atoms with van der Waals surface area (Å²) in [4.78, 5) is 17.2. The number of nitrogens with zero attached hydrogens (tertiary/aromatic N) is 2. The lowest BCUT2D eigenvalue weighted by Crippen LogP contribution is -2.39. The lowest BCUT2D eigenvalue weighted by molar-refractivity contribution is 0.0741. The smallest absolute Gasteiger partial charge is 0.256 e. The summed E-state index contributed by atoms with van der Waals surface area (Å²) in [5.41, 5.74) is 7.05. The maximum atomic E-state index is 12.8. The van der Waals surface area contributed by atoms with Gasteiger partial charge in [-0.3, -0.25) is 9.69 Å². The highest BCUT2D eigenvalue weighted by atomic mass is 16.5. The van der Waals surface area contributed by atoms with Gasteiger partial charge in [-0.05, 0) is 38.4 Å². The van der Waals surface area contributed by atoms with Gasteiger partial charge in [0, 0.05) is 25.2 Å². The molecule has 1 aromatic carbocycles. The molecule has 2 aliphatic heterocycles. The van der Waals surface area contributed by atoms with Gasteiger partial charge in [0.1, 0.15) is 5.75 Å². The van der Waals surface area contributed by atoms with E-state index in [9.17, 15) is 4.79 Å². The number of amides is 1. The van der Waals surface area contributed by atoms with Crippen LogP contribution in [0.1, 0.15) is 29.6 Å². The normalized spacial score (nSPS) is 25.7. The van der Waals surface area contributed by atoms with Crippen molar-refractivity contribution < 1.29 is 9.53 Å². The van der Waals surface area contributed by atoms with Crippen LogP contribution in [0.25, 0.3) is 0 Å². The third-order valence-corrected chi connectivity index (χ3v) is 4.95. The number of carbonyl (C=O) groups excluding carboxylic acids is 1. The van der Waals surface area contributed by atoms with Crippen LogP contribution in [-0.4, -0.2) is 55.0 Å². The van der Waals surface area contributed by atoms with Gasteiger partial charge >= 0.3 is 0 Å². The number of likely N-dealkylation sites (tertiary alicyclic amines) is 1. The second-order valence-corrected chi connectivity index (χ2v) is 6.01. The van der Waals surface area contributed by atoms with E-state index in [0.717, 1.165) is 19.5 Å². The van der Waals surface area contributed by atoms with Gasteiger partial charge in [-0.1, -0.05) is 6.07 Å². The molecule has 5 heteroatoms. The van der Waals surface area contributed by atoms with E-state index in [0.29, 0.717) is 29.1 Å². The second kappa shape index (κ2) is 5.56. The third kappa shape index (κ3) is 2.46. The van der Waals surface area contributed by atoms with Gasteiger partial charge in [0.25, 0.3) is 5.91 Å². The highest BCUT2D eigenvalue weighted by molar-refractivity contribution is 6.00. The number of carbonyl (C=O) groups is 1. The van der Waals surface area contributed by atoms with Crippen molar-refractivity contribution in [2.45, 2.75) is 31.3 Å². The Labute approximate surface area is 125 Å². The summed E-state index contributed by atoms with van der Waals surface area (Å²) in [5.74, 6) is 0.585. The standard InChI is InChI=1S/C16H23N3O2/c1-18-11-6-7-12(18)10-19(9-8-11)16(20)13-4-3-5-14(21-2)15(13)17/h3-5,11-12H,6-10,17H2,1-2H3. The van der Waals surface area contributed by atoms with Gasteiger partial charge in [0.2, 0.25) is 0 Å². The first-order chi connectivity index (χ1) is 10.1. The molecule has 2 fully saturated rings. The van der Waals surface area contributed by atoms with Crippen LogP contribution < -0.4 is 10.5 Å². The minimum absolute atomic E-state index is 0.0207. The molecule has 2 heterocycles. The fraction of sp³-hybridized carbons (Fsp3) is 0.562. The molecule has 0 aromatic heterocycles. The lowest BCUT2D eigenvalue weighted by Gasteiger charge is -2.26. The van der Waals surface area contributed by atoms with Crippen LogP contribution in [0.2, 0.25) is 0 Å². The minimum Gasteiger partial charge on any atom is -0.495 e. The zero-order valence-corrected chi connectivity index (χ0v) is 12.7. The second-order valence-electron chi connectivity index (χ2n) is 6.01. The highest BCUT2D eigenvalue weighted by Crippen LogP contribution is 2.31. The van der Waals surface area contributed by atoms with Crippen LogP contribution in [0, 0.1) is 0 Å². The van der Waals surface area contributed by atoms with E-state index in [4.69, 9.17) is 10.5 Å². The minimum atomic E-state index is 0.0207. The number of fused-ring (bicyclic) bond motifs is 2. The lowest BCUT2D eigenvalue weighted by atomic mass is 10.1. The zero-order chi connectivity index (χ0) is 15.0. The predicted octanol–water partition coefficient (Wildman–Crippen LogP) is 1.59. The molecule has 2 N–H and O–H groups in total. The molecule has 114 valence electrons. The largest absolute Gasteiger partial charge is 0.495 e. The van der Waals surface area contributed by atoms with Crippen molar-refractivity contribution in [1.29, 1.82) is 0 Å². The van der Waals surface area contributed by atoms with Gasteiger partial charge in [0.05, 0.1) is 18.4 Å². The van der Waals surface area contributed by atoms with Gasteiger partial charge in [-0.25, -0.2) is 0 Å². The van der Waals surface area contributed by atoms with Crippen LogP contribution in [0.5, 0.6) is 5.75 Å². The topological polar surface area (TPSA) is 58.8 Å². The number of rotatable bonds is 2. The summed E-state index contributed by atoms with van der Waals surface area (Å²) in [6.07, 6.45) is 3.48. The molecule has 0 spiro atoms. The first-order valence-electron chi connectivity index (χ1n) is 7.55. The van der Waals surface area contributed by atoms with Crippen molar-refractivity contribution in [2.75, 3.05) is 33.0 Å². The number of para-hydroxylation sites is 1. The Morgan fingerprint density at radius 1 is 1.29 bits per heavy atom. The van der Waals surface area contributed by atoms with E-state index >= 15 is 0 Å². The quantitative estimate of drug-likeness (QED) is 0.840. The van der Waals surface area contributed by atoms with E-state index in [-0.39, 0.29) is 5.91 Å². The highest BCUT2D eigenvalue weighted by Gasteiger charge is 2.36. The van der Waals surface area contributed by atoms with Crippen molar-refractivity contribution in [1.82, 2.24) is 9.80 Å². The van der Waals surface area contributed by atoms with Gasteiger partial charge in [0.15, 0.2) is 0 Å². The van der Waals surface area contributed by atoms with Crippen molar-refractivity contribution in [3.8, 4) is 5.75 Å². The Bertz CT molecular complexity index is 546. The van der Waals surface area contributed by atoms with Crippen LogP contribution in [0.4, 0.5) is 5.69 Å². The molecular formula is C16H23N3O2.